The molecule has 6 nitrogen and oxygen atoms in total. The van der Waals surface area contributed by atoms with Crippen LogP contribution in [0.5, 0.6) is 0 Å². The molecule has 0 bridgehead atoms. The molecule has 0 rings (SSSR count). The molecule has 446 valence electrons. The lowest BCUT2D eigenvalue weighted by Gasteiger charge is -2.18. The first-order valence-electron chi connectivity index (χ1n) is 34.0. The summed E-state index contributed by atoms with van der Waals surface area (Å²) in [6.45, 7) is 6.65. The van der Waals surface area contributed by atoms with E-state index in [-0.39, 0.29) is 31.1 Å². The Hall–Kier alpha value is -2.37. The van der Waals surface area contributed by atoms with Crippen LogP contribution in [0.4, 0.5) is 0 Å². The lowest BCUT2D eigenvalue weighted by Crippen LogP contribution is -2.30. The lowest BCUT2D eigenvalue weighted by molar-refractivity contribution is -0.167. The van der Waals surface area contributed by atoms with Crippen molar-refractivity contribution in [2.45, 2.75) is 380 Å². The fourth-order valence-electron chi connectivity index (χ4n) is 10.2. The molecule has 6 heteroatoms. The van der Waals surface area contributed by atoms with Gasteiger partial charge >= 0.3 is 17.9 Å². The molecule has 0 amide bonds. The molecule has 0 aliphatic heterocycles. The fourth-order valence-corrected chi connectivity index (χ4v) is 10.2. The molecule has 0 aromatic carbocycles. The van der Waals surface area contributed by atoms with Crippen molar-refractivity contribution in [3.05, 3.63) is 36.5 Å². The van der Waals surface area contributed by atoms with Gasteiger partial charge in [0, 0.05) is 19.3 Å². The molecular formula is C70H130O6. The maximum absolute atomic E-state index is 12.9. The minimum atomic E-state index is -0.772. The van der Waals surface area contributed by atoms with E-state index in [1.807, 2.05) is 0 Å². The van der Waals surface area contributed by atoms with Crippen LogP contribution in [0.2, 0.25) is 0 Å². The lowest BCUT2D eigenvalue weighted by atomic mass is 10.0. The van der Waals surface area contributed by atoms with Gasteiger partial charge in [-0.1, -0.05) is 314 Å². The molecule has 0 saturated heterocycles. The Labute approximate surface area is 474 Å². The van der Waals surface area contributed by atoms with Crippen molar-refractivity contribution < 1.29 is 28.6 Å². The number of allylic oxidation sites excluding steroid dienone is 6. The minimum Gasteiger partial charge on any atom is -0.462 e. The summed E-state index contributed by atoms with van der Waals surface area (Å²) in [5.74, 6) is -0.858. The monoisotopic (exact) mass is 1070 g/mol. The van der Waals surface area contributed by atoms with Crippen molar-refractivity contribution in [3.8, 4) is 0 Å². The molecule has 0 aliphatic carbocycles. The van der Waals surface area contributed by atoms with Gasteiger partial charge in [0.15, 0.2) is 6.10 Å². The van der Waals surface area contributed by atoms with E-state index in [4.69, 9.17) is 14.2 Å². The van der Waals surface area contributed by atoms with E-state index < -0.39 is 6.10 Å². The quantitative estimate of drug-likeness (QED) is 0.0261. The third-order valence-corrected chi connectivity index (χ3v) is 15.4. The third kappa shape index (κ3) is 62.5. The molecule has 0 radical (unpaired) electrons. The Kier molecular flexibility index (Phi) is 63.1. The van der Waals surface area contributed by atoms with E-state index in [2.05, 4.69) is 57.2 Å². The van der Waals surface area contributed by atoms with E-state index in [1.165, 1.54) is 263 Å². The molecule has 0 N–H and O–H groups in total. The molecule has 0 saturated carbocycles. The van der Waals surface area contributed by atoms with Crippen LogP contribution >= 0.6 is 0 Å². The smallest absolute Gasteiger partial charge is 0.306 e. The number of esters is 3. The molecule has 0 heterocycles. The van der Waals surface area contributed by atoms with Gasteiger partial charge in [-0.2, -0.15) is 0 Å². The molecule has 76 heavy (non-hydrogen) atoms. The van der Waals surface area contributed by atoms with Gasteiger partial charge in [0.2, 0.25) is 0 Å². The summed E-state index contributed by atoms with van der Waals surface area (Å²) in [7, 11) is 0. The molecule has 0 fully saturated rings. The highest BCUT2D eigenvalue weighted by Gasteiger charge is 2.19. The molecule has 0 aromatic heterocycles. The van der Waals surface area contributed by atoms with Crippen molar-refractivity contribution in [3.63, 3.8) is 0 Å². The number of rotatable bonds is 63. The molecule has 0 spiro atoms. The second-order valence-electron chi connectivity index (χ2n) is 23.1. The number of carbonyl (C=O) groups excluding carboxylic acids is 3. The molecule has 1 unspecified atom stereocenters. The van der Waals surface area contributed by atoms with Crippen LogP contribution < -0.4 is 0 Å². The summed E-state index contributed by atoms with van der Waals surface area (Å²) >= 11 is 0. The predicted octanol–water partition coefficient (Wildman–Crippen LogP) is 23.2. The first kappa shape index (κ1) is 73.6. The Morgan fingerprint density at radius 3 is 0.750 bits per heavy atom. The maximum atomic E-state index is 12.9. The Morgan fingerprint density at radius 2 is 0.474 bits per heavy atom. The minimum absolute atomic E-state index is 0.0705. The fraction of sp³-hybridized carbons (Fsp3) is 0.871. The highest BCUT2D eigenvalue weighted by molar-refractivity contribution is 5.71. The second-order valence-corrected chi connectivity index (χ2v) is 23.1. The van der Waals surface area contributed by atoms with Gasteiger partial charge in [-0.05, 0) is 77.0 Å². The van der Waals surface area contributed by atoms with Gasteiger partial charge in [-0.3, -0.25) is 14.4 Å². The first-order valence-corrected chi connectivity index (χ1v) is 34.0. The van der Waals surface area contributed by atoms with E-state index in [9.17, 15) is 14.4 Å². The summed E-state index contributed by atoms with van der Waals surface area (Å²) < 4.78 is 16.9. The second kappa shape index (κ2) is 65.2. The van der Waals surface area contributed by atoms with E-state index in [0.29, 0.717) is 19.3 Å². The van der Waals surface area contributed by atoms with Gasteiger partial charge in [-0.15, -0.1) is 0 Å². The third-order valence-electron chi connectivity index (χ3n) is 15.4. The van der Waals surface area contributed by atoms with Crippen LogP contribution in [0.1, 0.15) is 374 Å². The van der Waals surface area contributed by atoms with Crippen LogP contribution in [0.3, 0.4) is 0 Å². The molecular weight excluding hydrogens is 937 g/mol. The summed E-state index contributed by atoms with van der Waals surface area (Å²) in [6, 6.07) is 0. The van der Waals surface area contributed by atoms with Crippen LogP contribution in [0.25, 0.3) is 0 Å². The Morgan fingerprint density at radius 1 is 0.263 bits per heavy atom. The number of unbranched alkanes of at least 4 members (excludes halogenated alkanes) is 46. The average molecular weight is 1070 g/mol. The summed E-state index contributed by atoms with van der Waals surface area (Å²) in [5.41, 5.74) is 0. The van der Waals surface area contributed by atoms with Crippen molar-refractivity contribution >= 4 is 17.9 Å². The molecule has 1 atom stereocenters. The zero-order valence-corrected chi connectivity index (χ0v) is 51.3. The maximum Gasteiger partial charge on any atom is 0.306 e. The van der Waals surface area contributed by atoms with E-state index in [0.717, 1.165) is 70.6 Å². The summed E-state index contributed by atoms with van der Waals surface area (Å²) in [6.07, 6.45) is 80.5. The molecule has 0 aliphatic rings. The van der Waals surface area contributed by atoms with Gasteiger partial charge in [0.05, 0.1) is 0 Å². The van der Waals surface area contributed by atoms with Crippen molar-refractivity contribution in [1.82, 2.24) is 0 Å². The van der Waals surface area contributed by atoms with E-state index >= 15 is 0 Å². The van der Waals surface area contributed by atoms with Crippen LogP contribution in [0.15, 0.2) is 36.5 Å². The highest BCUT2D eigenvalue weighted by Crippen LogP contribution is 2.18. The summed E-state index contributed by atoms with van der Waals surface area (Å²) in [4.78, 5) is 38.2. The Balaban J connectivity index is 4.06. The van der Waals surface area contributed by atoms with Gasteiger partial charge in [0.25, 0.3) is 0 Å². The Bertz CT molecular complexity index is 1270. The zero-order chi connectivity index (χ0) is 55.0. The number of hydrogen-bond acceptors (Lipinski definition) is 6. The van der Waals surface area contributed by atoms with Gasteiger partial charge in [0.1, 0.15) is 13.2 Å². The van der Waals surface area contributed by atoms with Gasteiger partial charge < -0.3 is 14.2 Å². The standard InChI is InChI=1S/C70H130O6/c1-4-7-10-13-16-19-21-23-25-27-29-30-31-32-33-34-35-36-37-38-39-40-41-43-44-46-48-51-54-57-60-63-69(72)75-66-67(65-74-68(71)62-59-56-53-50-18-15-12-9-6-3)76-70(73)64-61-58-55-52-49-47-45-42-28-26-24-22-20-17-14-11-8-5-2/h20,22,26-29,67H,4-19,21,23-25,30-66H2,1-3H3/b22-20-,28-26-,29-27-. The van der Waals surface area contributed by atoms with Gasteiger partial charge in [-0.25, -0.2) is 0 Å². The predicted molar refractivity (Wildman–Crippen MR) is 330 cm³/mol. The van der Waals surface area contributed by atoms with Crippen molar-refractivity contribution in [2.24, 2.45) is 0 Å². The largest absolute Gasteiger partial charge is 0.462 e. The number of hydrogen-bond donors (Lipinski definition) is 0. The van der Waals surface area contributed by atoms with Crippen LogP contribution in [0, 0.1) is 0 Å². The average Bonchev–Trinajstić information content (AvgIpc) is 3.42. The SMILES string of the molecule is CCCCCC/C=C\C/C=C\CCCCCCCCCC(=O)OC(COC(=O)CCCCCCCCCCC)COC(=O)CCCCCCCCCCCCCCCCCCCCC/C=C\CCCCCCCCCC. The zero-order valence-electron chi connectivity index (χ0n) is 51.3. The highest BCUT2D eigenvalue weighted by atomic mass is 16.6. The number of ether oxygens (including phenoxy) is 3. The normalized spacial score (nSPS) is 12.2. The van der Waals surface area contributed by atoms with Crippen LogP contribution in [-0.4, -0.2) is 37.2 Å². The van der Waals surface area contributed by atoms with E-state index in [1.54, 1.807) is 0 Å². The van der Waals surface area contributed by atoms with Crippen LogP contribution in [-0.2, 0) is 28.6 Å². The topological polar surface area (TPSA) is 78.9 Å². The number of carbonyl (C=O) groups is 3. The molecule has 0 aromatic rings. The van der Waals surface area contributed by atoms with Crippen molar-refractivity contribution in [1.29, 1.82) is 0 Å². The first-order chi connectivity index (χ1) is 37.5. The van der Waals surface area contributed by atoms with Crippen molar-refractivity contribution in [2.75, 3.05) is 13.2 Å². The summed E-state index contributed by atoms with van der Waals surface area (Å²) in [5, 5.41) is 0.